The lowest BCUT2D eigenvalue weighted by Crippen LogP contribution is -2.10. The molecule has 0 radical (unpaired) electrons. The van der Waals surface area contributed by atoms with Crippen LogP contribution in [0, 0.1) is 0 Å². The number of rotatable bonds is 5. The Labute approximate surface area is 119 Å². The summed E-state index contributed by atoms with van der Waals surface area (Å²) in [5, 5.41) is 26.2. The summed E-state index contributed by atoms with van der Waals surface area (Å²) in [6.45, 7) is 2.17. The number of benzene rings is 1. The zero-order chi connectivity index (χ0) is 14.0. The minimum absolute atomic E-state index is 0. The fourth-order valence-electron chi connectivity index (χ4n) is 1.16. The van der Waals surface area contributed by atoms with Gasteiger partial charge in [-0.3, -0.25) is 4.79 Å². The first-order valence-electron chi connectivity index (χ1n) is 5.90. The molecule has 1 aromatic carbocycles. The summed E-state index contributed by atoms with van der Waals surface area (Å²) < 4.78 is 0. The average Bonchev–Trinajstić information content (AvgIpc) is 2.37. The predicted molar refractivity (Wildman–Crippen MR) is 76.5 cm³/mol. The van der Waals surface area contributed by atoms with E-state index in [-0.39, 0.29) is 24.7 Å². The summed E-state index contributed by atoms with van der Waals surface area (Å²) in [7, 11) is 0. The molecule has 1 rings (SSSR count). The van der Waals surface area contributed by atoms with Gasteiger partial charge in [0.25, 0.3) is 0 Å². The Morgan fingerprint density at radius 1 is 1.32 bits per heavy atom. The first-order valence-corrected chi connectivity index (χ1v) is 5.90. The van der Waals surface area contributed by atoms with E-state index in [0.29, 0.717) is 6.42 Å². The number of aliphatic hydroxyl groups is 1. The highest BCUT2D eigenvalue weighted by atomic mass is 35.5. The van der Waals surface area contributed by atoms with Gasteiger partial charge in [-0.25, -0.2) is 0 Å². The number of hydrogen-bond donors (Lipinski definition) is 4. The standard InChI is InChI=1S/C8H11NO2.C5H10O2.ClH/c9-5-8(11)6-1-3-7(10)4-2-6;1-2-3-4-5(6)7;/h1-4,8,10-11H,5,9H2;2-4H2,1H3,(H,6,7);1H. The Hall–Kier alpha value is -1.30. The molecule has 0 aliphatic carbocycles. The molecule has 0 saturated heterocycles. The van der Waals surface area contributed by atoms with Gasteiger partial charge in [0.1, 0.15) is 5.75 Å². The molecule has 0 saturated carbocycles. The second kappa shape index (κ2) is 11.8. The number of phenols is 1. The molecule has 0 amide bonds. The minimum atomic E-state index is -0.693. The number of aliphatic hydroxyl groups excluding tert-OH is 1. The van der Waals surface area contributed by atoms with E-state index < -0.39 is 12.1 Å². The number of aromatic hydroxyl groups is 1. The van der Waals surface area contributed by atoms with Crippen LogP contribution in [0.3, 0.4) is 0 Å². The molecular weight excluding hydrogens is 270 g/mol. The van der Waals surface area contributed by atoms with Crippen molar-refractivity contribution in [1.82, 2.24) is 0 Å². The molecule has 110 valence electrons. The summed E-state index contributed by atoms with van der Waals surface area (Å²) in [4.78, 5) is 9.76. The molecule has 1 unspecified atom stereocenters. The van der Waals surface area contributed by atoms with Crippen molar-refractivity contribution in [1.29, 1.82) is 0 Å². The third kappa shape index (κ3) is 10.3. The third-order valence-electron chi connectivity index (χ3n) is 2.25. The van der Waals surface area contributed by atoms with Crippen molar-refractivity contribution >= 4 is 18.4 Å². The second-order valence-electron chi connectivity index (χ2n) is 3.84. The van der Waals surface area contributed by atoms with E-state index >= 15 is 0 Å². The second-order valence-corrected chi connectivity index (χ2v) is 3.84. The lowest BCUT2D eigenvalue weighted by atomic mass is 10.1. The van der Waals surface area contributed by atoms with Crippen LogP contribution in [0.4, 0.5) is 0 Å². The monoisotopic (exact) mass is 291 g/mol. The SMILES string of the molecule is CCCCC(=O)O.Cl.NCC(O)c1ccc(O)cc1. The van der Waals surface area contributed by atoms with Crippen LogP contribution in [0.15, 0.2) is 24.3 Å². The van der Waals surface area contributed by atoms with Gasteiger partial charge in [-0.1, -0.05) is 25.5 Å². The average molecular weight is 292 g/mol. The van der Waals surface area contributed by atoms with E-state index in [1.54, 1.807) is 12.1 Å². The summed E-state index contributed by atoms with van der Waals surface area (Å²) in [6.07, 6.45) is 1.45. The number of phenolic OH excluding ortho intramolecular Hbond substituents is 1. The predicted octanol–water partition coefficient (Wildman–Crippen LogP) is 2.07. The third-order valence-corrected chi connectivity index (χ3v) is 2.25. The van der Waals surface area contributed by atoms with Gasteiger partial charge in [-0.05, 0) is 24.1 Å². The topological polar surface area (TPSA) is 104 Å². The van der Waals surface area contributed by atoms with E-state index in [0.717, 1.165) is 18.4 Å². The van der Waals surface area contributed by atoms with E-state index in [1.165, 1.54) is 12.1 Å². The Morgan fingerprint density at radius 3 is 2.16 bits per heavy atom. The Morgan fingerprint density at radius 2 is 1.84 bits per heavy atom. The van der Waals surface area contributed by atoms with Crippen LogP contribution in [-0.4, -0.2) is 27.8 Å². The van der Waals surface area contributed by atoms with Crippen molar-refractivity contribution in [2.75, 3.05) is 6.54 Å². The number of hydrogen-bond acceptors (Lipinski definition) is 4. The summed E-state index contributed by atoms with van der Waals surface area (Å²) >= 11 is 0. The van der Waals surface area contributed by atoms with Crippen molar-refractivity contribution in [2.24, 2.45) is 5.73 Å². The highest BCUT2D eigenvalue weighted by molar-refractivity contribution is 5.85. The molecule has 0 aliphatic heterocycles. The number of carboxylic acid groups (broad SMARTS) is 1. The highest BCUT2D eigenvalue weighted by Gasteiger charge is 2.02. The first kappa shape index (κ1) is 20.0. The maximum atomic E-state index is 9.76. The maximum absolute atomic E-state index is 9.76. The lowest BCUT2D eigenvalue weighted by molar-refractivity contribution is -0.137. The number of unbranched alkanes of at least 4 members (excludes halogenated alkanes) is 1. The largest absolute Gasteiger partial charge is 0.508 e. The highest BCUT2D eigenvalue weighted by Crippen LogP contribution is 2.15. The van der Waals surface area contributed by atoms with Gasteiger partial charge >= 0.3 is 5.97 Å². The molecule has 0 spiro atoms. The number of nitrogens with two attached hydrogens (primary N) is 1. The van der Waals surface area contributed by atoms with Crippen molar-refractivity contribution < 1.29 is 20.1 Å². The van der Waals surface area contributed by atoms with Gasteiger partial charge in [0, 0.05) is 13.0 Å². The van der Waals surface area contributed by atoms with Gasteiger partial charge in [-0.15, -0.1) is 12.4 Å². The summed E-state index contributed by atoms with van der Waals surface area (Å²) in [6, 6.07) is 6.34. The number of aliphatic carboxylic acids is 1. The first-order chi connectivity index (χ1) is 8.51. The van der Waals surface area contributed by atoms with Crippen molar-refractivity contribution in [3.63, 3.8) is 0 Å². The molecule has 0 fully saturated rings. The van der Waals surface area contributed by atoms with Gasteiger partial charge < -0.3 is 21.1 Å². The molecule has 5 nitrogen and oxygen atoms in total. The summed E-state index contributed by atoms with van der Waals surface area (Å²) in [5.41, 5.74) is 5.96. The number of halogens is 1. The van der Waals surface area contributed by atoms with Crippen LogP contribution >= 0.6 is 12.4 Å². The van der Waals surface area contributed by atoms with Gasteiger partial charge in [0.15, 0.2) is 0 Å². The Bertz CT molecular complexity index is 343. The molecule has 5 N–H and O–H groups in total. The smallest absolute Gasteiger partial charge is 0.303 e. The fraction of sp³-hybridized carbons (Fsp3) is 0.462. The molecule has 0 aromatic heterocycles. The molecule has 0 aliphatic rings. The quantitative estimate of drug-likeness (QED) is 0.665. The van der Waals surface area contributed by atoms with Gasteiger partial charge in [0.2, 0.25) is 0 Å². The number of carboxylic acids is 1. The van der Waals surface area contributed by atoms with E-state index in [1.807, 2.05) is 6.92 Å². The van der Waals surface area contributed by atoms with Crippen molar-refractivity contribution in [3.05, 3.63) is 29.8 Å². The number of carbonyl (C=O) groups is 1. The Kier molecular flexibility index (Phi) is 12.4. The van der Waals surface area contributed by atoms with Crippen LogP contribution in [0.1, 0.15) is 37.9 Å². The summed E-state index contributed by atoms with van der Waals surface area (Å²) in [5.74, 6) is -0.500. The normalized spacial score (nSPS) is 10.7. The zero-order valence-corrected chi connectivity index (χ0v) is 11.8. The van der Waals surface area contributed by atoms with Crippen molar-refractivity contribution in [2.45, 2.75) is 32.3 Å². The van der Waals surface area contributed by atoms with Crippen LogP contribution in [0.2, 0.25) is 0 Å². The van der Waals surface area contributed by atoms with Crippen LogP contribution in [-0.2, 0) is 4.79 Å². The van der Waals surface area contributed by atoms with Gasteiger partial charge in [0.05, 0.1) is 6.10 Å². The van der Waals surface area contributed by atoms with E-state index in [2.05, 4.69) is 0 Å². The van der Waals surface area contributed by atoms with E-state index in [9.17, 15) is 9.90 Å². The molecule has 1 atom stereocenters. The zero-order valence-electron chi connectivity index (χ0n) is 11.0. The molecule has 1 aromatic rings. The molecule has 6 heteroatoms. The van der Waals surface area contributed by atoms with Gasteiger partial charge in [-0.2, -0.15) is 0 Å². The minimum Gasteiger partial charge on any atom is -0.508 e. The maximum Gasteiger partial charge on any atom is 0.303 e. The van der Waals surface area contributed by atoms with Crippen LogP contribution < -0.4 is 5.73 Å². The van der Waals surface area contributed by atoms with Crippen LogP contribution in [0.5, 0.6) is 5.75 Å². The lowest BCUT2D eigenvalue weighted by Gasteiger charge is -2.06. The molecular formula is C13H22ClNO4. The van der Waals surface area contributed by atoms with E-state index in [4.69, 9.17) is 15.9 Å². The molecule has 0 bridgehead atoms. The fourth-order valence-corrected chi connectivity index (χ4v) is 1.16. The Balaban J connectivity index is 0. The van der Waals surface area contributed by atoms with Crippen LogP contribution in [0.25, 0.3) is 0 Å². The van der Waals surface area contributed by atoms with Crippen molar-refractivity contribution in [3.8, 4) is 5.75 Å². The molecule has 0 heterocycles. The molecule has 19 heavy (non-hydrogen) atoms.